The Hall–Kier alpha value is -2.80. The summed E-state index contributed by atoms with van der Waals surface area (Å²) in [4.78, 5) is 0. The number of aromatic nitrogens is 2. The van der Waals surface area contributed by atoms with E-state index < -0.39 is 0 Å². The van der Waals surface area contributed by atoms with Gasteiger partial charge in [0.2, 0.25) is 0 Å². The fraction of sp³-hybridized carbons (Fsp3) is 0.0667. The molecule has 3 rings (SSSR count). The number of ether oxygens (including phenoxy) is 1. The van der Waals surface area contributed by atoms with Gasteiger partial charge in [-0.1, -0.05) is 12.1 Å². The fourth-order valence-electron chi connectivity index (χ4n) is 2.22. The summed E-state index contributed by atoms with van der Waals surface area (Å²) in [6.07, 6.45) is 3.56. The second-order valence-corrected chi connectivity index (χ2v) is 4.18. The van der Waals surface area contributed by atoms with Crippen molar-refractivity contribution in [1.29, 1.82) is 5.26 Å². The van der Waals surface area contributed by atoms with Gasteiger partial charge in [0.15, 0.2) is 0 Å². The van der Waals surface area contributed by atoms with E-state index in [4.69, 9.17) is 10.00 Å². The molecule has 19 heavy (non-hydrogen) atoms. The van der Waals surface area contributed by atoms with Gasteiger partial charge in [0, 0.05) is 17.3 Å². The Morgan fingerprint density at radius 3 is 2.79 bits per heavy atom. The Kier molecular flexibility index (Phi) is 2.66. The summed E-state index contributed by atoms with van der Waals surface area (Å²) in [5.74, 6) is 0.768. The molecule has 0 amide bonds. The molecule has 4 nitrogen and oxygen atoms in total. The third-order valence-electron chi connectivity index (χ3n) is 3.12. The summed E-state index contributed by atoms with van der Waals surface area (Å²) in [6, 6.07) is 11.7. The van der Waals surface area contributed by atoms with Gasteiger partial charge < -0.3 is 4.74 Å². The first-order valence-corrected chi connectivity index (χ1v) is 5.83. The largest absolute Gasteiger partial charge is 0.496 e. The normalized spacial score (nSPS) is 10.3. The van der Waals surface area contributed by atoms with Crippen LogP contribution in [0.15, 0.2) is 42.7 Å². The molecule has 0 aliphatic heterocycles. The van der Waals surface area contributed by atoms with E-state index >= 15 is 0 Å². The van der Waals surface area contributed by atoms with Crippen LogP contribution in [-0.4, -0.2) is 17.3 Å². The minimum atomic E-state index is 0.630. The molecule has 0 atom stereocenters. The van der Waals surface area contributed by atoms with Crippen LogP contribution in [0, 0.1) is 11.3 Å². The monoisotopic (exact) mass is 249 g/mol. The highest BCUT2D eigenvalue weighted by atomic mass is 16.5. The smallest absolute Gasteiger partial charge is 0.127 e. The van der Waals surface area contributed by atoms with Crippen LogP contribution in [0.1, 0.15) is 5.56 Å². The summed E-state index contributed by atoms with van der Waals surface area (Å²) >= 11 is 0. The van der Waals surface area contributed by atoms with Crippen LogP contribution in [0.5, 0.6) is 5.75 Å². The Balaban J connectivity index is 2.41. The Morgan fingerprint density at radius 2 is 2.11 bits per heavy atom. The minimum Gasteiger partial charge on any atom is -0.496 e. The van der Waals surface area contributed by atoms with Gasteiger partial charge in [-0.2, -0.15) is 10.4 Å². The molecule has 0 unspecified atom stereocenters. The summed E-state index contributed by atoms with van der Waals surface area (Å²) in [6.45, 7) is 0. The zero-order valence-corrected chi connectivity index (χ0v) is 10.3. The molecule has 1 N–H and O–H groups in total. The van der Waals surface area contributed by atoms with Crippen molar-refractivity contribution in [2.24, 2.45) is 0 Å². The molecule has 0 saturated heterocycles. The number of H-pyrrole nitrogens is 1. The molecule has 0 saturated carbocycles. The standard InChI is InChI=1S/C15H11N3O/c1-19-14-5-4-11-3-2-10(7-16)6-13(11)15(14)12-8-17-18-9-12/h2-6,8-9H,1H3,(H,17,18). The lowest BCUT2D eigenvalue weighted by Crippen LogP contribution is -1.89. The Labute approximate surface area is 110 Å². The first-order valence-electron chi connectivity index (χ1n) is 5.83. The number of rotatable bonds is 2. The molecule has 4 heteroatoms. The maximum Gasteiger partial charge on any atom is 0.127 e. The molecular formula is C15H11N3O. The van der Waals surface area contributed by atoms with Crippen molar-refractivity contribution < 1.29 is 4.74 Å². The number of hydrogen-bond acceptors (Lipinski definition) is 3. The number of hydrogen-bond donors (Lipinski definition) is 1. The van der Waals surface area contributed by atoms with Gasteiger partial charge in [-0.3, -0.25) is 5.10 Å². The number of benzene rings is 2. The van der Waals surface area contributed by atoms with Crippen LogP contribution >= 0.6 is 0 Å². The van der Waals surface area contributed by atoms with E-state index in [9.17, 15) is 0 Å². The van der Waals surface area contributed by atoms with E-state index in [1.807, 2.05) is 36.5 Å². The van der Waals surface area contributed by atoms with Crippen molar-refractivity contribution in [2.45, 2.75) is 0 Å². The molecule has 1 heterocycles. The zero-order valence-electron chi connectivity index (χ0n) is 10.3. The predicted molar refractivity (Wildman–Crippen MR) is 72.8 cm³/mol. The van der Waals surface area contributed by atoms with Gasteiger partial charge in [-0.05, 0) is 29.0 Å². The highest BCUT2D eigenvalue weighted by Gasteiger charge is 2.12. The van der Waals surface area contributed by atoms with Gasteiger partial charge in [-0.15, -0.1) is 0 Å². The fourth-order valence-corrected chi connectivity index (χ4v) is 2.22. The number of nitrogens with one attached hydrogen (secondary N) is 1. The zero-order chi connectivity index (χ0) is 13.2. The van der Waals surface area contributed by atoms with Gasteiger partial charge in [-0.25, -0.2) is 0 Å². The first kappa shape index (κ1) is 11.3. The van der Waals surface area contributed by atoms with E-state index in [0.29, 0.717) is 5.56 Å². The molecule has 0 radical (unpaired) electrons. The maximum absolute atomic E-state index is 9.05. The lowest BCUT2D eigenvalue weighted by molar-refractivity contribution is 0.417. The van der Waals surface area contributed by atoms with Gasteiger partial charge >= 0.3 is 0 Å². The van der Waals surface area contributed by atoms with Crippen molar-refractivity contribution in [1.82, 2.24) is 10.2 Å². The van der Waals surface area contributed by atoms with Crippen molar-refractivity contribution in [2.75, 3.05) is 7.11 Å². The molecule has 3 aromatic rings. The van der Waals surface area contributed by atoms with E-state index in [1.165, 1.54) is 0 Å². The number of aromatic amines is 1. The van der Waals surface area contributed by atoms with Crippen LogP contribution in [0.4, 0.5) is 0 Å². The second-order valence-electron chi connectivity index (χ2n) is 4.18. The second kappa shape index (κ2) is 4.46. The van der Waals surface area contributed by atoms with E-state index in [2.05, 4.69) is 16.3 Å². The molecule has 92 valence electrons. The van der Waals surface area contributed by atoms with Gasteiger partial charge in [0.1, 0.15) is 5.75 Å². The molecule has 0 spiro atoms. The lowest BCUT2D eigenvalue weighted by atomic mass is 9.98. The van der Waals surface area contributed by atoms with E-state index in [-0.39, 0.29) is 0 Å². The number of fused-ring (bicyclic) bond motifs is 1. The van der Waals surface area contributed by atoms with Crippen LogP contribution in [0.2, 0.25) is 0 Å². The molecule has 0 aliphatic rings. The molecule has 0 fully saturated rings. The molecular weight excluding hydrogens is 238 g/mol. The summed E-state index contributed by atoms with van der Waals surface area (Å²) in [7, 11) is 1.64. The SMILES string of the molecule is COc1ccc2ccc(C#N)cc2c1-c1cn[nH]c1. The molecule has 0 bridgehead atoms. The third kappa shape index (κ3) is 1.81. The summed E-state index contributed by atoms with van der Waals surface area (Å²) in [5.41, 5.74) is 2.52. The minimum absolute atomic E-state index is 0.630. The highest BCUT2D eigenvalue weighted by molar-refractivity contribution is 6.00. The van der Waals surface area contributed by atoms with Gasteiger partial charge in [0.05, 0.1) is 24.9 Å². The van der Waals surface area contributed by atoms with Crippen LogP contribution in [0.3, 0.4) is 0 Å². The Morgan fingerprint density at radius 1 is 1.26 bits per heavy atom. The first-order chi connectivity index (χ1) is 9.33. The lowest BCUT2D eigenvalue weighted by Gasteiger charge is -2.10. The maximum atomic E-state index is 9.05. The third-order valence-corrected chi connectivity index (χ3v) is 3.12. The summed E-state index contributed by atoms with van der Waals surface area (Å²) < 4.78 is 5.43. The van der Waals surface area contributed by atoms with E-state index in [1.54, 1.807) is 13.3 Å². The predicted octanol–water partition coefficient (Wildman–Crippen LogP) is 3.11. The van der Waals surface area contributed by atoms with Crippen LogP contribution < -0.4 is 4.74 Å². The number of nitrogens with zero attached hydrogens (tertiary/aromatic N) is 2. The van der Waals surface area contributed by atoms with Gasteiger partial charge in [0.25, 0.3) is 0 Å². The summed E-state index contributed by atoms with van der Waals surface area (Å²) in [5, 5.41) is 17.9. The van der Waals surface area contributed by atoms with Crippen molar-refractivity contribution in [3.05, 3.63) is 48.3 Å². The highest BCUT2D eigenvalue weighted by Crippen LogP contribution is 2.36. The number of methoxy groups -OCH3 is 1. The van der Waals surface area contributed by atoms with E-state index in [0.717, 1.165) is 27.6 Å². The number of nitriles is 1. The average molecular weight is 249 g/mol. The Bertz CT molecular complexity index is 770. The topological polar surface area (TPSA) is 61.7 Å². The molecule has 2 aromatic carbocycles. The van der Waals surface area contributed by atoms with Crippen molar-refractivity contribution in [3.63, 3.8) is 0 Å². The van der Waals surface area contributed by atoms with Crippen molar-refractivity contribution >= 4 is 10.8 Å². The van der Waals surface area contributed by atoms with Crippen molar-refractivity contribution in [3.8, 4) is 22.9 Å². The van der Waals surface area contributed by atoms with Crippen LogP contribution in [-0.2, 0) is 0 Å². The van der Waals surface area contributed by atoms with Crippen LogP contribution in [0.25, 0.3) is 21.9 Å². The average Bonchev–Trinajstić information content (AvgIpc) is 2.99. The molecule has 1 aromatic heterocycles. The molecule has 0 aliphatic carbocycles. The quantitative estimate of drug-likeness (QED) is 0.759.